The molecule has 1 saturated heterocycles. The third-order valence-electron chi connectivity index (χ3n) is 6.63. The molecule has 1 aliphatic rings. The largest absolute Gasteiger partial charge is 0.497 e. The van der Waals surface area contributed by atoms with Gasteiger partial charge in [-0.05, 0) is 30.7 Å². The van der Waals surface area contributed by atoms with Crippen LogP contribution in [0.4, 0.5) is 0 Å². The van der Waals surface area contributed by atoms with E-state index in [0.717, 1.165) is 45.7 Å². The molecule has 0 amide bonds. The molecule has 1 aromatic heterocycles. The lowest BCUT2D eigenvalue weighted by Crippen LogP contribution is -2.47. The Morgan fingerprint density at radius 1 is 0.853 bits per heavy atom. The number of carbonyl (C=O) groups is 1. The average molecular weight is 465 g/mol. The van der Waals surface area contributed by atoms with Gasteiger partial charge in [0.25, 0.3) is 11.1 Å². The van der Waals surface area contributed by atoms with E-state index < -0.39 is 0 Å². The second-order valence-corrected chi connectivity index (χ2v) is 8.74. The van der Waals surface area contributed by atoms with Crippen molar-refractivity contribution >= 4 is 16.6 Å². The maximum atomic E-state index is 12.8. The number of Topliss-reactive ketones (excluding diaryl/α,β-unsaturated/α-hetero) is 1. The van der Waals surface area contributed by atoms with Crippen LogP contribution in [-0.2, 0) is 13.6 Å². The van der Waals surface area contributed by atoms with Crippen LogP contribution in [0.5, 0.6) is 5.75 Å². The van der Waals surface area contributed by atoms with Crippen molar-refractivity contribution in [3.63, 3.8) is 0 Å². The fourth-order valence-corrected chi connectivity index (χ4v) is 4.55. The normalized spacial score (nSPS) is 15.0. The van der Waals surface area contributed by atoms with Crippen LogP contribution in [0.2, 0.25) is 0 Å². The van der Waals surface area contributed by atoms with Gasteiger partial charge >= 0.3 is 0 Å². The molecule has 2 aromatic carbocycles. The number of rotatable bonds is 9. The zero-order valence-corrected chi connectivity index (χ0v) is 19.9. The zero-order chi connectivity index (χ0) is 24.1. The summed E-state index contributed by atoms with van der Waals surface area (Å²) in [4.78, 5) is 42.6. The van der Waals surface area contributed by atoms with Crippen molar-refractivity contribution in [2.24, 2.45) is 7.05 Å². The molecule has 8 nitrogen and oxygen atoms in total. The van der Waals surface area contributed by atoms with Crippen LogP contribution in [-0.4, -0.2) is 71.3 Å². The minimum absolute atomic E-state index is 0.122. The topological polar surface area (TPSA) is 76.8 Å². The van der Waals surface area contributed by atoms with E-state index in [4.69, 9.17) is 4.74 Å². The van der Waals surface area contributed by atoms with Crippen molar-refractivity contribution in [2.45, 2.75) is 19.4 Å². The third-order valence-corrected chi connectivity index (χ3v) is 6.63. The number of hydrogen-bond acceptors (Lipinski definition) is 6. The van der Waals surface area contributed by atoms with Crippen LogP contribution >= 0.6 is 0 Å². The molecule has 180 valence electrons. The summed E-state index contributed by atoms with van der Waals surface area (Å²) in [5, 5.41) is 0.940. The first kappa shape index (κ1) is 23.9. The first-order valence-electron chi connectivity index (χ1n) is 11.8. The van der Waals surface area contributed by atoms with Crippen molar-refractivity contribution in [1.82, 2.24) is 19.2 Å². The summed E-state index contributed by atoms with van der Waals surface area (Å²) in [6, 6.07) is 14.3. The van der Waals surface area contributed by atoms with Gasteiger partial charge in [0.15, 0.2) is 5.78 Å². The van der Waals surface area contributed by atoms with Gasteiger partial charge < -0.3 is 14.5 Å². The Balaban J connectivity index is 1.24. The highest BCUT2D eigenvalue weighted by Gasteiger charge is 2.18. The van der Waals surface area contributed by atoms with E-state index in [0.29, 0.717) is 35.1 Å². The summed E-state index contributed by atoms with van der Waals surface area (Å²) >= 11 is 0. The molecule has 0 N–H and O–H groups in total. The first-order valence-corrected chi connectivity index (χ1v) is 11.8. The molecule has 0 aliphatic carbocycles. The molecule has 0 atom stereocenters. The van der Waals surface area contributed by atoms with Gasteiger partial charge in [-0.2, -0.15) is 0 Å². The van der Waals surface area contributed by atoms with Gasteiger partial charge in [-0.1, -0.05) is 24.3 Å². The van der Waals surface area contributed by atoms with E-state index in [1.807, 2.05) is 18.2 Å². The van der Waals surface area contributed by atoms with Gasteiger partial charge in [0.2, 0.25) is 0 Å². The van der Waals surface area contributed by atoms with E-state index in [1.165, 1.54) is 4.68 Å². The quantitative estimate of drug-likeness (QED) is 0.451. The number of ether oxygens (including phenoxy) is 1. The molecule has 3 aromatic rings. The number of hydrogen-bond donors (Lipinski definition) is 0. The molecule has 34 heavy (non-hydrogen) atoms. The van der Waals surface area contributed by atoms with Gasteiger partial charge in [0.1, 0.15) is 5.75 Å². The predicted octanol–water partition coefficient (Wildman–Crippen LogP) is 1.99. The maximum Gasteiger partial charge on any atom is 0.273 e. The van der Waals surface area contributed by atoms with E-state index in [-0.39, 0.29) is 16.9 Å². The molecule has 1 aliphatic heterocycles. The van der Waals surface area contributed by atoms with Gasteiger partial charge in [0.05, 0.1) is 17.9 Å². The molecule has 0 bridgehead atoms. The summed E-state index contributed by atoms with van der Waals surface area (Å²) in [5.41, 5.74) is 0.423. The molecule has 0 spiro atoms. The number of aromatic nitrogens is 2. The second-order valence-electron chi connectivity index (χ2n) is 8.74. The number of carbonyl (C=O) groups excluding carboxylic acids is 1. The van der Waals surface area contributed by atoms with Crippen molar-refractivity contribution in [3.8, 4) is 5.75 Å². The number of piperazine rings is 1. The fraction of sp³-hybridized carbons (Fsp3) is 0.423. The Morgan fingerprint density at radius 2 is 1.50 bits per heavy atom. The van der Waals surface area contributed by atoms with Crippen LogP contribution in [0, 0.1) is 0 Å². The van der Waals surface area contributed by atoms with E-state index >= 15 is 0 Å². The van der Waals surface area contributed by atoms with E-state index in [9.17, 15) is 14.4 Å². The molecule has 0 saturated carbocycles. The highest BCUT2D eigenvalue weighted by atomic mass is 16.5. The van der Waals surface area contributed by atoms with E-state index in [1.54, 1.807) is 49.2 Å². The molecule has 4 rings (SSSR count). The Kier molecular flexibility index (Phi) is 7.59. The molecule has 8 heteroatoms. The van der Waals surface area contributed by atoms with Crippen molar-refractivity contribution in [3.05, 3.63) is 74.8 Å². The summed E-state index contributed by atoms with van der Waals surface area (Å²) < 4.78 is 8.18. The van der Waals surface area contributed by atoms with Crippen molar-refractivity contribution < 1.29 is 9.53 Å². The van der Waals surface area contributed by atoms with Crippen LogP contribution in [0.15, 0.2) is 58.1 Å². The van der Waals surface area contributed by atoms with Crippen molar-refractivity contribution in [1.29, 1.82) is 0 Å². The second kappa shape index (κ2) is 10.8. The Hall–Kier alpha value is -3.23. The minimum atomic E-state index is -0.146. The molecular weight excluding hydrogens is 432 g/mol. The van der Waals surface area contributed by atoms with Crippen LogP contribution in [0.25, 0.3) is 10.8 Å². The van der Waals surface area contributed by atoms with Crippen LogP contribution in [0.3, 0.4) is 0 Å². The maximum absolute atomic E-state index is 12.8. The first-order chi connectivity index (χ1) is 16.5. The highest BCUT2D eigenvalue weighted by molar-refractivity contribution is 5.96. The summed E-state index contributed by atoms with van der Waals surface area (Å²) in [5.74, 6) is 0.832. The van der Waals surface area contributed by atoms with Crippen LogP contribution in [0.1, 0.15) is 23.2 Å². The lowest BCUT2D eigenvalue weighted by Gasteiger charge is -2.34. The number of benzene rings is 2. The monoisotopic (exact) mass is 464 g/mol. The summed E-state index contributed by atoms with van der Waals surface area (Å²) in [7, 11) is 3.26. The van der Waals surface area contributed by atoms with Gasteiger partial charge in [-0.3, -0.25) is 19.1 Å². The van der Waals surface area contributed by atoms with E-state index in [2.05, 4.69) is 9.80 Å². The number of nitrogens with zero attached hydrogens (tertiary/aromatic N) is 4. The zero-order valence-electron chi connectivity index (χ0n) is 19.9. The minimum Gasteiger partial charge on any atom is -0.497 e. The molecule has 1 fully saturated rings. The predicted molar refractivity (Wildman–Crippen MR) is 133 cm³/mol. The third kappa shape index (κ3) is 5.29. The molecule has 0 unspecified atom stereocenters. The smallest absolute Gasteiger partial charge is 0.273 e. The van der Waals surface area contributed by atoms with Gasteiger partial charge in [-0.25, -0.2) is 4.68 Å². The molecule has 0 radical (unpaired) electrons. The SMILES string of the molecule is COc1cccc(C(=O)CCN2CCN(CCCn3c(=O)c4ccccc4c(=O)n3C)CC2)c1. The number of fused-ring (bicyclic) bond motifs is 1. The van der Waals surface area contributed by atoms with Gasteiger partial charge in [0, 0.05) is 64.8 Å². The van der Waals surface area contributed by atoms with Gasteiger partial charge in [-0.15, -0.1) is 0 Å². The summed E-state index contributed by atoms with van der Waals surface area (Å²) in [6.45, 7) is 5.81. The Bertz CT molecular complexity index is 1270. The Morgan fingerprint density at radius 3 is 2.18 bits per heavy atom. The summed E-state index contributed by atoms with van der Waals surface area (Å²) in [6.07, 6.45) is 1.28. The standard InChI is InChI=1S/C26H32N4O4/c1-27-25(32)22-9-3-4-10-23(22)26(33)30(27)13-6-12-28-15-17-29(18-16-28)14-11-24(31)20-7-5-8-21(19-20)34-2/h3-5,7-10,19H,6,11-18H2,1-2H3. The molecular formula is C26H32N4O4. The lowest BCUT2D eigenvalue weighted by molar-refractivity contribution is 0.0925. The Labute approximate surface area is 198 Å². The van der Waals surface area contributed by atoms with Crippen LogP contribution < -0.4 is 15.9 Å². The average Bonchev–Trinajstić information content (AvgIpc) is 2.88. The number of ketones is 1. The van der Waals surface area contributed by atoms with Crippen molar-refractivity contribution in [2.75, 3.05) is 46.4 Å². The lowest BCUT2D eigenvalue weighted by atomic mass is 10.1. The fourth-order valence-electron chi connectivity index (χ4n) is 4.55. The molecule has 2 heterocycles. The highest BCUT2D eigenvalue weighted by Crippen LogP contribution is 2.14. The number of methoxy groups -OCH3 is 1.